The van der Waals surface area contributed by atoms with Gasteiger partial charge in [-0.05, 0) is 30.7 Å². The van der Waals surface area contributed by atoms with Gasteiger partial charge in [-0.1, -0.05) is 29.3 Å². The van der Waals surface area contributed by atoms with Crippen LogP contribution in [0.15, 0.2) is 12.1 Å². The summed E-state index contributed by atoms with van der Waals surface area (Å²) < 4.78 is 0. The maximum Gasteiger partial charge on any atom is 0.0628 e. The molecule has 0 atom stereocenters. The number of benzene rings is 1. The fourth-order valence-corrected chi connectivity index (χ4v) is 2.18. The van der Waals surface area contributed by atoms with Crippen LogP contribution in [0.25, 0.3) is 0 Å². The molecule has 1 aliphatic heterocycles. The second-order valence-corrected chi connectivity index (χ2v) is 4.27. The summed E-state index contributed by atoms with van der Waals surface area (Å²) in [5.41, 5.74) is 2.54. The van der Waals surface area contributed by atoms with Crippen LogP contribution in [-0.2, 0) is 13.0 Å². The van der Waals surface area contributed by atoms with Crippen LogP contribution < -0.4 is 0 Å². The van der Waals surface area contributed by atoms with E-state index >= 15 is 0 Å². The monoisotopic (exact) mass is 215 g/mol. The molecular formula is C10H11Cl2N. The lowest BCUT2D eigenvalue weighted by Crippen LogP contribution is -2.26. The molecule has 0 unspecified atom stereocenters. The van der Waals surface area contributed by atoms with Gasteiger partial charge in [0.15, 0.2) is 0 Å². The summed E-state index contributed by atoms with van der Waals surface area (Å²) in [5.74, 6) is 0. The molecule has 1 heterocycles. The van der Waals surface area contributed by atoms with Gasteiger partial charge in [-0.25, -0.2) is 0 Å². The fraction of sp³-hybridized carbons (Fsp3) is 0.400. The molecule has 0 radical (unpaired) electrons. The molecule has 0 amide bonds. The predicted molar refractivity (Wildman–Crippen MR) is 56.5 cm³/mol. The Morgan fingerprint density at radius 3 is 2.85 bits per heavy atom. The fourth-order valence-electron chi connectivity index (χ4n) is 1.72. The molecule has 1 aromatic carbocycles. The highest BCUT2D eigenvalue weighted by Gasteiger charge is 2.16. The first-order valence-electron chi connectivity index (χ1n) is 4.33. The molecule has 0 saturated carbocycles. The van der Waals surface area contributed by atoms with E-state index in [0.717, 1.165) is 24.5 Å². The minimum absolute atomic E-state index is 0.671. The van der Waals surface area contributed by atoms with Gasteiger partial charge in [0.25, 0.3) is 0 Å². The third-order valence-corrected chi connectivity index (χ3v) is 3.32. The third-order valence-electron chi connectivity index (χ3n) is 2.48. The lowest BCUT2D eigenvalue weighted by molar-refractivity contribution is 0.313. The first kappa shape index (κ1) is 9.32. The van der Waals surface area contributed by atoms with E-state index in [1.807, 2.05) is 6.07 Å². The minimum Gasteiger partial charge on any atom is -0.302 e. The van der Waals surface area contributed by atoms with Crippen molar-refractivity contribution in [3.05, 3.63) is 33.3 Å². The molecule has 0 N–H and O–H groups in total. The van der Waals surface area contributed by atoms with Gasteiger partial charge < -0.3 is 4.90 Å². The molecule has 0 saturated heterocycles. The number of rotatable bonds is 0. The largest absolute Gasteiger partial charge is 0.302 e. The third kappa shape index (κ3) is 1.69. The molecule has 0 spiro atoms. The second-order valence-electron chi connectivity index (χ2n) is 3.49. The average molecular weight is 216 g/mol. The van der Waals surface area contributed by atoms with Crippen molar-refractivity contribution in [3.63, 3.8) is 0 Å². The van der Waals surface area contributed by atoms with Crippen molar-refractivity contribution >= 4 is 23.2 Å². The van der Waals surface area contributed by atoms with Crippen LogP contribution in [0.5, 0.6) is 0 Å². The van der Waals surface area contributed by atoms with Crippen molar-refractivity contribution in [2.24, 2.45) is 0 Å². The van der Waals surface area contributed by atoms with Gasteiger partial charge >= 0.3 is 0 Å². The molecule has 1 nitrogen and oxygen atoms in total. The Balaban J connectivity index is 2.47. The number of likely N-dealkylation sites (N-methyl/N-ethyl adjacent to an activating group) is 1. The summed E-state index contributed by atoms with van der Waals surface area (Å²) >= 11 is 12.0. The van der Waals surface area contributed by atoms with E-state index in [-0.39, 0.29) is 0 Å². The number of hydrogen-bond donors (Lipinski definition) is 0. The summed E-state index contributed by atoms with van der Waals surface area (Å²) in [4.78, 5) is 2.28. The minimum atomic E-state index is 0.671. The van der Waals surface area contributed by atoms with Crippen LogP contribution in [0.1, 0.15) is 11.1 Å². The highest BCUT2D eigenvalue weighted by molar-refractivity contribution is 6.42. The molecule has 0 fully saturated rings. The van der Waals surface area contributed by atoms with Gasteiger partial charge in [0.2, 0.25) is 0 Å². The maximum absolute atomic E-state index is 6.11. The summed E-state index contributed by atoms with van der Waals surface area (Å²) in [6, 6.07) is 3.95. The van der Waals surface area contributed by atoms with Gasteiger partial charge in [0, 0.05) is 13.1 Å². The molecule has 1 aromatic rings. The highest BCUT2D eigenvalue weighted by Crippen LogP contribution is 2.31. The zero-order valence-electron chi connectivity index (χ0n) is 7.48. The molecule has 70 valence electrons. The summed E-state index contributed by atoms with van der Waals surface area (Å²) in [5, 5.41) is 1.41. The van der Waals surface area contributed by atoms with E-state index in [0.29, 0.717) is 5.02 Å². The van der Waals surface area contributed by atoms with E-state index in [4.69, 9.17) is 23.2 Å². The van der Waals surface area contributed by atoms with Crippen molar-refractivity contribution in [3.8, 4) is 0 Å². The normalized spacial score (nSPS) is 17.2. The van der Waals surface area contributed by atoms with Gasteiger partial charge in [-0.2, -0.15) is 0 Å². The SMILES string of the molecule is CN1CCc2c(ccc(Cl)c2Cl)C1. The van der Waals surface area contributed by atoms with Gasteiger partial charge in [0.05, 0.1) is 10.0 Å². The number of hydrogen-bond acceptors (Lipinski definition) is 1. The molecule has 2 rings (SSSR count). The zero-order chi connectivity index (χ0) is 9.42. The Hall–Kier alpha value is -0.240. The van der Waals surface area contributed by atoms with Crippen molar-refractivity contribution in [1.29, 1.82) is 0 Å². The van der Waals surface area contributed by atoms with Crippen LogP contribution >= 0.6 is 23.2 Å². The van der Waals surface area contributed by atoms with E-state index in [1.165, 1.54) is 11.1 Å². The number of fused-ring (bicyclic) bond motifs is 1. The highest BCUT2D eigenvalue weighted by atomic mass is 35.5. The molecular weight excluding hydrogens is 205 g/mol. The van der Waals surface area contributed by atoms with E-state index in [2.05, 4.69) is 18.0 Å². The Morgan fingerprint density at radius 1 is 1.31 bits per heavy atom. The Labute approximate surface area is 88.3 Å². The Bertz CT molecular complexity index is 336. The van der Waals surface area contributed by atoms with Crippen LogP contribution in [0, 0.1) is 0 Å². The second kappa shape index (κ2) is 3.49. The molecule has 0 aliphatic carbocycles. The van der Waals surface area contributed by atoms with Gasteiger partial charge in [0.1, 0.15) is 0 Å². The average Bonchev–Trinajstić information content (AvgIpc) is 2.12. The summed E-state index contributed by atoms with van der Waals surface area (Å²) in [6.45, 7) is 2.04. The number of halogens is 2. The first-order chi connectivity index (χ1) is 6.18. The molecule has 3 heteroatoms. The topological polar surface area (TPSA) is 3.24 Å². The van der Waals surface area contributed by atoms with Crippen LogP contribution in [0.2, 0.25) is 10.0 Å². The van der Waals surface area contributed by atoms with Crippen molar-refractivity contribution in [2.45, 2.75) is 13.0 Å². The van der Waals surface area contributed by atoms with Crippen LogP contribution in [-0.4, -0.2) is 18.5 Å². The van der Waals surface area contributed by atoms with Crippen molar-refractivity contribution < 1.29 is 0 Å². The van der Waals surface area contributed by atoms with Gasteiger partial charge in [-0.15, -0.1) is 0 Å². The number of nitrogens with zero attached hydrogens (tertiary/aromatic N) is 1. The summed E-state index contributed by atoms with van der Waals surface area (Å²) in [7, 11) is 2.12. The quantitative estimate of drug-likeness (QED) is 0.644. The molecule has 13 heavy (non-hydrogen) atoms. The Kier molecular flexibility index (Phi) is 2.50. The van der Waals surface area contributed by atoms with Crippen LogP contribution in [0.4, 0.5) is 0 Å². The predicted octanol–water partition coefficient (Wildman–Crippen LogP) is 2.98. The first-order valence-corrected chi connectivity index (χ1v) is 5.08. The Morgan fingerprint density at radius 2 is 2.08 bits per heavy atom. The van der Waals surface area contributed by atoms with Crippen molar-refractivity contribution in [1.82, 2.24) is 4.90 Å². The van der Waals surface area contributed by atoms with Crippen LogP contribution in [0.3, 0.4) is 0 Å². The van der Waals surface area contributed by atoms with Crippen molar-refractivity contribution in [2.75, 3.05) is 13.6 Å². The molecule has 1 aliphatic rings. The lowest BCUT2D eigenvalue weighted by atomic mass is 10.0. The maximum atomic E-state index is 6.11. The molecule has 0 bridgehead atoms. The van der Waals surface area contributed by atoms with E-state index in [9.17, 15) is 0 Å². The molecule has 0 aromatic heterocycles. The van der Waals surface area contributed by atoms with E-state index in [1.54, 1.807) is 0 Å². The standard InChI is InChI=1S/C10H11Cl2N/c1-13-5-4-8-7(6-13)2-3-9(11)10(8)12/h2-3H,4-6H2,1H3. The smallest absolute Gasteiger partial charge is 0.0628 e. The lowest BCUT2D eigenvalue weighted by Gasteiger charge is -2.25. The summed E-state index contributed by atoms with van der Waals surface area (Å²) in [6.07, 6.45) is 1.01. The van der Waals surface area contributed by atoms with Gasteiger partial charge in [-0.3, -0.25) is 0 Å². The zero-order valence-corrected chi connectivity index (χ0v) is 8.99. The van der Waals surface area contributed by atoms with E-state index < -0.39 is 0 Å².